The van der Waals surface area contributed by atoms with Crippen LogP contribution in [0.4, 0.5) is 0 Å². The van der Waals surface area contributed by atoms with E-state index in [0.29, 0.717) is 29.7 Å². The van der Waals surface area contributed by atoms with E-state index in [0.717, 1.165) is 24.0 Å². The summed E-state index contributed by atoms with van der Waals surface area (Å²) in [7, 11) is 0. The Kier molecular flexibility index (Phi) is 6.53. The van der Waals surface area contributed by atoms with E-state index in [4.69, 9.17) is 20.6 Å². The van der Waals surface area contributed by atoms with Gasteiger partial charge >= 0.3 is 12.0 Å². The van der Waals surface area contributed by atoms with Gasteiger partial charge in [-0.3, -0.25) is 9.78 Å². The Morgan fingerprint density at radius 1 is 1.32 bits per heavy atom. The fraction of sp³-hybridized carbons (Fsp3) is 0.409. The average molecular weight is 425 g/mol. The number of nitrogens with zero attached hydrogens (tertiary/aromatic N) is 3. The first kappa shape index (κ1) is 22.2. The van der Waals surface area contributed by atoms with Gasteiger partial charge in [-0.05, 0) is 57.2 Å². The smallest absolute Gasteiger partial charge is 0.312 e. The normalized spacial score (nSPS) is 14.2. The van der Waals surface area contributed by atoms with E-state index in [2.05, 4.69) is 15.0 Å². The van der Waals surface area contributed by atoms with Gasteiger partial charge in [0.25, 0.3) is 0 Å². The van der Waals surface area contributed by atoms with Crippen LogP contribution in [-0.2, 0) is 9.53 Å². The molecule has 2 aromatic heterocycles. The Labute approximate surface area is 180 Å². The van der Waals surface area contributed by atoms with Gasteiger partial charge in [-0.25, -0.2) is 10.4 Å². The van der Waals surface area contributed by atoms with Gasteiger partial charge in [-0.2, -0.15) is 4.99 Å². The Morgan fingerprint density at radius 2 is 2.06 bits per heavy atom. The molecule has 9 heteroatoms. The van der Waals surface area contributed by atoms with E-state index in [1.807, 2.05) is 6.92 Å². The van der Waals surface area contributed by atoms with E-state index in [1.165, 1.54) is 0 Å². The molecule has 3 rings (SSSR count). The van der Waals surface area contributed by atoms with Gasteiger partial charge in [-0.15, -0.1) is 0 Å². The fourth-order valence-electron chi connectivity index (χ4n) is 2.59. The second kappa shape index (κ2) is 9.11. The number of nitrogens with one attached hydrogen (secondary N) is 1. The van der Waals surface area contributed by atoms with Crippen LogP contribution < -0.4 is 10.5 Å². The number of carboxylic acids is 1. The number of carbonyl (C=O) groups is 1. The van der Waals surface area contributed by atoms with Crippen molar-refractivity contribution in [2.75, 3.05) is 13.2 Å². The van der Waals surface area contributed by atoms with Gasteiger partial charge in [0.1, 0.15) is 12.4 Å². The van der Waals surface area contributed by atoms with Crippen LogP contribution in [-0.4, -0.2) is 46.1 Å². The first-order chi connectivity index (χ1) is 14.7. The minimum atomic E-state index is -1.01. The molecule has 4 N–H and O–H groups in total. The number of carboxylic acid groups (broad SMARTS) is 1. The van der Waals surface area contributed by atoms with Crippen molar-refractivity contribution in [2.45, 2.75) is 33.6 Å². The zero-order valence-corrected chi connectivity index (χ0v) is 17.9. The molecular formula is C22H27N5O4. The molecule has 0 aliphatic heterocycles. The molecule has 0 saturated heterocycles. The van der Waals surface area contributed by atoms with Crippen molar-refractivity contribution in [1.82, 2.24) is 9.97 Å². The molecule has 1 saturated carbocycles. The molecule has 31 heavy (non-hydrogen) atoms. The van der Waals surface area contributed by atoms with Crippen LogP contribution >= 0.6 is 0 Å². The summed E-state index contributed by atoms with van der Waals surface area (Å²) in [5.41, 5.74) is 7.94. The van der Waals surface area contributed by atoms with Gasteiger partial charge in [0.05, 0.1) is 17.7 Å². The highest BCUT2D eigenvalue weighted by Gasteiger charge is 2.28. The highest BCUT2D eigenvalue weighted by molar-refractivity contribution is 6.03. The van der Waals surface area contributed by atoms with Gasteiger partial charge < -0.3 is 20.3 Å². The number of hydrogen-bond donors (Lipinski definition) is 3. The van der Waals surface area contributed by atoms with Crippen molar-refractivity contribution in [1.29, 1.82) is 5.41 Å². The molecular weight excluding hydrogens is 398 g/mol. The molecule has 0 unspecified atom stereocenters. The van der Waals surface area contributed by atoms with Crippen molar-refractivity contribution in [3.8, 4) is 17.1 Å². The summed E-state index contributed by atoms with van der Waals surface area (Å²) < 4.78 is 10.8. The van der Waals surface area contributed by atoms with E-state index in [-0.39, 0.29) is 18.5 Å². The molecule has 0 aromatic carbocycles. The third-order valence-corrected chi connectivity index (χ3v) is 4.96. The molecule has 9 nitrogen and oxygen atoms in total. The summed E-state index contributed by atoms with van der Waals surface area (Å²) in [6, 6.07) is 5.12. The van der Waals surface area contributed by atoms with Crippen molar-refractivity contribution in [2.24, 2.45) is 22.1 Å². The number of pyridine rings is 2. The third kappa shape index (κ3) is 6.00. The highest BCUT2D eigenvalue weighted by Crippen LogP contribution is 2.29. The van der Waals surface area contributed by atoms with E-state index in [9.17, 15) is 9.90 Å². The summed E-state index contributed by atoms with van der Waals surface area (Å²) in [4.78, 5) is 23.9. The van der Waals surface area contributed by atoms with Gasteiger partial charge in [-0.1, -0.05) is 0 Å². The monoisotopic (exact) mass is 425 g/mol. The van der Waals surface area contributed by atoms with Gasteiger partial charge in [0, 0.05) is 29.6 Å². The SMILES string of the molecule is Cc1cc(OCC(C)(C)C(=O)O)ncc1-c1ccc(/C(N)=N/C(=N)OCC2CC2)cn1. The lowest BCUT2D eigenvalue weighted by molar-refractivity contribution is -0.148. The number of ether oxygens (including phenoxy) is 2. The highest BCUT2D eigenvalue weighted by atomic mass is 16.5. The zero-order valence-electron chi connectivity index (χ0n) is 17.9. The largest absolute Gasteiger partial charge is 0.481 e. The van der Waals surface area contributed by atoms with Crippen molar-refractivity contribution >= 4 is 17.8 Å². The van der Waals surface area contributed by atoms with Crippen LogP contribution in [0.1, 0.15) is 37.8 Å². The molecule has 1 aliphatic carbocycles. The van der Waals surface area contributed by atoms with Crippen LogP contribution in [0.15, 0.2) is 35.6 Å². The third-order valence-electron chi connectivity index (χ3n) is 4.96. The number of nitrogens with two attached hydrogens (primary N) is 1. The molecule has 1 aliphatic rings. The lowest BCUT2D eigenvalue weighted by atomic mass is 9.95. The number of amidine groups is 2. The zero-order chi connectivity index (χ0) is 22.6. The molecule has 164 valence electrons. The first-order valence-corrected chi connectivity index (χ1v) is 10.0. The van der Waals surface area contributed by atoms with Crippen LogP contribution in [0, 0.1) is 23.7 Å². The second-order valence-corrected chi connectivity index (χ2v) is 8.30. The molecule has 0 spiro atoms. The maximum absolute atomic E-state index is 11.2. The molecule has 2 heterocycles. The summed E-state index contributed by atoms with van der Waals surface area (Å²) in [6.45, 7) is 5.61. The topological polar surface area (TPSA) is 144 Å². The standard InChI is InChI=1S/C22H27N5O4/c1-13-8-18(31-12-22(2,3)20(28)29)26-10-16(13)17-7-6-15(9-25-17)19(23)27-21(24)30-11-14-4-5-14/h6-10,14H,4-5,11-12H2,1-3H3,(H,28,29)(H3,23,24,27). The van der Waals surface area contributed by atoms with Gasteiger partial charge in [0.2, 0.25) is 5.88 Å². The Balaban J connectivity index is 1.66. The van der Waals surface area contributed by atoms with E-state index >= 15 is 0 Å². The van der Waals surface area contributed by atoms with E-state index in [1.54, 1.807) is 44.4 Å². The van der Waals surface area contributed by atoms with Crippen molar-refractivity contribution < 1.29 is 19.4 Å². The number of aliphatic carboxylic acids is 1. The summed E-state index contributed by atoms with van der Waals surface area (Å²) in [5, 5.41) is 16.9. The minimum Gasteiger partial charge on any atom is -0.481 e. The lowest BCUT2D eigenvalue weighted by Gasteiger charge is -2.19. The molecule has 0 radical (unpaired) electrons. The minimum absolute atomic E-state index is 0.0130. The molecule has 2 aromatic rings. The predicted molar refractivity (Wildman–Crippen MR) is 116 cm³/mol. The summed E-state index contributed by atoms with van der Waals surface area (Å²) in [5.74, 6) is 0.125. The van der Waals surface area contributed by atoms with Crippen LogP contribution in [0.25, 0.3) is 11.3 Å². The second-order valence-electron chi connectivity index (χ2n) is 8.30. The van der Waals surface area contributed by atoms with Crippen LogP contribution in [0.5, 0.6) is 5.88 Å². The quantitative estimate of drug-likeness (QED) is 0.435. The van der Waals surface area contributed by atoms with Gasteiger partial charge in [0.15, 0.2) is 0 Å². The Hall–Kier alpha value is -3.49. The lowest BCUT2D eigenvalue weighted by Crippen LogP contribution is -2.30. The number of aliphatic imine (C=N–C) groups is 1. The Bertz CT molecular complexity index is 997. The van der Waals surface area contributed by atoms with Crippen LogP contribution in [0.3, 0.4) is 0 Å². The maximum Gasteiger partial charge on any atom is 0.312 e. The number of rotatable bonds is 8. The summed E-state index contributed by atoms with van der Waals surface area (Å²) in [6.07, 6.45) is 5.50. The summed E-state index contributed by atoms with van der Waals surface area (Å²) >= 11 is 0. The van der Waals surface area contributed by atoms with Crippen molar-refractivity contribution in [3.63, 3.8) is 0 Å². The first-order valence-electron chi connectivity index (χ1n) is 10.0. The van der Waals surface area contributed by atoms with E-state index < -0.39 is 11.4 Å². The predicted octanol–water partition coefficient (Wildman–Crippen LogP) is 3.01. The molecule has 0 atom stereocenters. The molecule has 0 bridgehead atoms. The van der Waals surface area contributed by atoms with Crippen molar-refractivity contribution in [3.05, 3.63) is 41.7 Å². The Morgan fingerprint density at radius 3 is 2.65 bits per heavy atom. The average Bonchev–Trinajstić information content (AvgIpc) is 3.55. The molecule has 1 fully saturated rings. The fourth-order valence-corrected chi connectivity index (χ4v) is 2.59. The number of aryl methyl sites for hydroxylation is 1. The number of aromatic nitrogens is 2. The molecule has 0 amide bonds. The van der Waals surface area contributed by atoms with Crippen LogP contribution in [0.2, 0.25) is 0 Å². The number of hydrogen-bond acceptors (Lipinski definition) is 6. The maximum atomic E-state index is 11.2.